The minimum atomic E-state index is -0.00458. The highest BCUT2D eigenvalue weighted by molar-refractivity contribution is 6.00. The Kier molecular flexibility index (Phi) is 5.70. The van der Waals surface area contributed by atoms with Crippen molar-refractivity contribution in [3.05, 3.63) is 77.6 Å². The van der Waals surface area contributed by atoms with Crippen LogP contribution in [0.1, 0.15) is 42.5 Å². The van der Waals surface area contributed by atoms with E-state index >= 15 is 0 Å². The van der Waals surface area contributed by atoms with Crippen molar-refractivity contribution in [2.75, 3.05) is 5.32 Å². The van der Waals surface area contributed by atoms with Crippen LogP contribution in [0.2, 0.25) is 0 Å². The summed E-state index contributed by atoms with van der Waals surface area (Å²) in [7, 11) is 0. The minimum absolute atomic E-state index is 0.00458. The molecular formula is C28H30N6O. The van der Waals surface area contributed by atoms with E-state index in [1.165, 1.54) is 5.56 Å². The van der Waals surface area contributed by atoms with Gasteiger partial charge < -0.3 is 15.5 Å². The molecule has 1 saturated carbocycles. The molecule has 2 atom stereocenters. The highest BCUT2D eigenvalue weighted by Crippen LogP contribution is 2.35. The first-order valence-electron chi connectivity index (χ1n) is 12.4. The Hall–Kier alpha value is -3.71. The smallest absolute Gasteiger partial charge is 0.317 e. The van der Waals surface area contributed by atoms with Crippen LogP contribution >= 0.6 is 0 Å². The molecule has 3 N–H and O–H groups in total. The van der Waals surface area contributed by atoms with Crippen LogP contribution < -0.4 is 10.6 Å². The maximum absolute atomic E-state index is 13.1. The molecule has 2 amide bonds. The molecule has 0 radical (unpaired) electrons. The average Bonchev–Trinajstić information content (AvgIpc) is 3.29. The number of benzene rings is 2. The van der Waals surface area contributed by atoms with Gasteiger partial charge in [0, 0.05) is 53.7 Å². The standard InChI is InChI=1S/C28H30N6O/c1-18-12-20(10-11-29-18)27-24-13-21-17-34(28(35)31-25(21)15-26(24)32-33-27)23-9-5-8-22(14-23)30-16-19-6-3-2-4-7-19/h2-4,6-7,10-13,15,22-23,30H,5,8-9,14,16-17H2,1H3,(H,31,35)(H,32,33)/t22-,23+/m0/s1. The first-order chi connectivity index (χ1) is 17.1. The molecule has 0 saturated heterocycles. The van der Waals surface area contributed by atoms with Gasteiger partial charge in [-0.05, 0) is 68.0 Å². The number of aromatic amines is 1. The zero-order valence-corrected chi connectivity index (χ0v) is 19.9. The van der Waals surface area contributed by atoms with Crippen LogP contribution in [0.3, 0.4) is 0 Å². The van der Waals surface area contributed by atoms with Crippen LogP contribution in [0.5, 0.6) is 0 Å². The third-order valence-corrected chi connectivity index (χ3v) is 7.32. The van der Waals surface area contributed by atoms with Crippen molar-refractivity contribution in [2.24, 2.45) is 0 Å². The number of hydrogen-bond acceptors (Lipinski definition) is 4. The Morgan fingerprint density at radius 1 is 1.11 bits per heavy atom. The van der Waals surface area contributed by atoms with Gasteiger partial charge in [-0.3, -0.25) is 10.1 Å². The Morgan fingerprint density at radius 2 is 2.00 bits per heavy atom. The number of H-pyrrole nitrogens is 1. The van der Waals surface area contributed by atoms with E-state index in [-0.39, 0.29) is 12.1 Å². The molecule has 1 aliphatic heterocycles. The normalized spacial score (nSPS) is 20.0. The number of carbonyl (C=O) groups is 1. The number of aromatic nitrogens is 3. The molecule has 6 rings (SSSR count). The monoisotopic (exact) mass is 466 g/mol. The molecule has 7 nitrogen and oxygen atoms in total. The summed E-state index contributed by atoms with van der Waals surface area (Å²) in [6, 6.07) is 19.4. The lowest BCUT2D eigenvalue weighted by atomic mass is 9.89. The number of nitrogens with zero attached hydrogens (tertiary/aromatic N) is 3. The lowest BCUT2D eigenvalue weighted by Gasteiger charge is -2.40. The van der Waals surface area contributed by atoms with Crippen molar-refractivity contribution in [1.82, 2.24) is 25.4 Å². The highest BCUT2D eigenvalue weighted by Gasteiger charge is 2.33. The second-order valence-corrected chi connectivity index (χ2v) is 9.75. The summed E-state index contributed by atoms with van der Waals surface area (Å²) in [5.74, 6) is 0. The first kappa shape index (κ1) is 21.8. The highest BCUT2D eigenvalue weighted by atomic mass is 16.2. The van der Waals surface area contributed by atoms with Crippen LogP contribution in [0.4, 0.5) is 10.5 Å². The second kappa shape index (κ2) is 9.15. The maximum Gasteiger partial charge on any atom is 0.322 e. The number of pyridine rings is 1. The molecule has 1 aliphatic carbocycles. The number of urea groups is 1. The number of aryl methyl sites for hydroxylation is 1. The van der Waals surface area contributed by atoms with Crippen LogP contribution in [0.25, 0.3) is 22.2 Å². The summed E-state index contributed by atoms with van der Waals surface area (Å²) in [5, 5.41) is 15.6. The quantitative estimate of drug-likeness (QED) is 0.369. The van der Waals surface area contributed by atoms with E-state index in [4.69, 9.17) is 0 Å². The van der Waals surface area contributed by atoms with Crippen LogP contribution in [-0.2, 0) is 13.1 Å². The lowest BCUT2D eigenvalue weighted by Crippen LogP contribution is -2.49. The van der Waals surface area contributed by atoms with E-state index in [0.717, 1.165) is 71.3 Å². The van der Waals surface area contributed by atoms with Gasteiger partial charge >= 0.3 is 6.03 Å². The van der Waals surface area contributed by atoms with E-state index in [1.807, 2.05) is 42.3 Å². The van der Waals surface area contributed by atoms with Gasteiger partial charge in [-0.15, -0.1) is 0 Å². The summed E-state index contributed by atoms with van der Waals surface area (Å²) < 4.78 is 0. The Bertz CT molecular complexity index is 1360. The molecule has 0 bridgehead atoms. The van der Waals surface area contributed by atoms with Gasteiger partial charge in [0.15, 0.2) is 0 Å². The SMILES string of the molecule is Cc1cc(-c2n[nH]c3cc4c(cc23)CN([C@@H]2CCC[C@H](NCc3ccccc3)C2)C(=O)N4)ccn1. The van der Waals surface area contributed by atoms with E-state index in [2.05, 4.69) is 56.1 Å². The zero-order valence-electron chi connectivity index (χ0n) is 19.9. The second-order valence-electron chi connectivity index (χ2n) is 9.75. The van der Waals surface area contributed by atoms with Gasteiger partial charge in [0.2, 0.25) is 0 Å². The summed E-state index contributed by atoms with van der Waals surface area (Å²) in [4.78, 5) is 19.4. The van der Waals surface area contributed by atoms with Gasteiger partial charge in [-0.2, -0.15) is 5.10 Å². The van der Waals surface area contributed by atoms with Crippen molar-refractivity contribution in [3.63, 3.8) is 0 Å². The van der Waals surface area contributed by atoms with Crippen LogP contribution in [0.15, 0.2) is 60.8 Å². The van der Waals surface area contributed by atoms with E-state index in [1.54, 1.807) is 0 Å². The molecule has 7 heteroatoms. The molecule has 35 heavy (non-hydrogen) atoms. The van der Waals surface area contributed by atoms with Crippen molar-refractivity contribution < 1.29 is 4.79 Å². The number of hydrogen-bond donors (Lipinski definition) is 3. The van der Waals surface area contributed by atoms with E-state index in [0.29, 0.717) is 12.6 Å². The lowest BCUT2D eigenvalue weighted by molar-refractivity contribution is 0.148. The molecule has 0 unspecified atom stereocenters. The van der Waals surface area contributed by atoms with Gasteiger partial charge in [0.25, 0.3) is 0 Å². The molecule has 4 aromatic rings. The Labute approximate surface area is 205 Å². The fourth-order valence-electron chi connectivity index (χ4n) is 5.50. The molecule has 3 heterocycles. The van der Waals surface area contributed by atoms with Crippen LogP contribution in [0, 0.1) is 6.92 Å². The molecule has 2 aromatic heterocycles. The van der Waals surface area contributed by atoms with Crippen molar-refractivity contribution in [2.45, 2.75) is 57.8 Å². The fourth-order valence-corrected chi connectivity index (χ4v) is 5.50. The van der Waals surface area contributed by atoms with Crippen molar-refractivity contribution >= 4 is 22.6 Å². The van der Waals surface area contributed by atoms with Crippen molar-refractivity contribution in [3.8, 4) is 11.3 Å². The number of rotatable bonds is 5. The molecule has 1 fully saturated rings. The summed E-state index contributed by atoms with van der Waals surface area (Å²) in [6.07, 6.45) is 6.11. The zero-order chi connectivity index (χ0) is 23.8. The first-order valence-corrected chi connectivity index (χ1v) is 12.4. The largest absolute Gasteiger partial charge is 0.322 e. The molecule has 178 valence electrons. The van der Waals surface area contributed by atoms with Gasteiger partial charge in [-0.25, -0.2) is 4.79 Å². The molecule has 0 spiro atoms. The summed E-state index contributed by atoms with van der Waals surface area (Å²) in [6.45, 7) is 3.47. The molecular weight excluding hydrogens is 436 g/mol. The maximum atomic E-state index is 13.1. The molecule has 2 aliphatic rings. The van der Waals surface area contributed by atoms with Gasteiger partial charge in [0.05, 0.1) is 5.52 Å². The average molecular weight is 467 g/mol. The number of fused-ring (bicyclic) bond motifs is 2. The topological polar surface area (TPSA) is 85.9 Å². The van der Waals surface area contributed by atoms with Crippen molar-refractivity contribution in [1.29, 1.82) is 0 Å². The number of anilines is 1. The fraction of sp³-hybridized carbons (Fsp3) is 0.321. The number of nitrogens with one attached hydrogen (secondary N) is 3. The number of carbonyl (C=O) groups excluding carboxylic acids is 1. The summed E-state index contributed by atoms with van der Waals surface area (Å²) >= 11 is 0. The Balaban J connectivity index is 1.21. The minimum Gasteiger partial charge on any atom is -0.317 e. The van der Waals surface area contributed by atoms with Gasteiger partial charge in [0.1, 0.15) is 5.69 Å². The van der Waals surface area contributed by atoms with Crippen LogP contribution in [-0.4, -0.2) is 38.2 Å². The molecule has 2 aromatic carbocycles. The third-order valence-electron chi connectivity index (χ3n) is 7.32. The predicted octanol–water partition coefficient (Wildman–Crippen LogP) is 5.38. The van der Waals surface area contributed by atoms with Gasteiger partial charge in [-0.1, -0.05) is 30.3 Å². The van der Waals surface area contributed by atoms with E-state index in [9.17, 15) is 4.79 Å². The predicted molar refractivity (Wildman–Crippen MR) is 138 cm³/mol. The summed E-state index contributed by atoms with van der Waals surface area (Å²) in [5.41, 5.74) is 7.13. The van der Waals surface area contributed by atoms with E-state index < -0.39 is 0 Å². The Morgan fingerprint density at radius 3 is 2.86 bits per heavy atom. The number of amides is 2. The third kappa shape index (κ3) is 4.39.